The van der Waals surface area contributed by atoms with Gasteiger partial charge < -0.3 is 10.6 Å². The van der Waals surface area contributed by atoms with E-state index in [1.54, 1.807) is 18.2 Å². The monoisotopic (exact) mass is 497 g/mol. The summed E-state index contributed by atoms with van der Waals surface area (Å²) in [7, 11) is 0. The predicted molar refractivity (Wildman–Crippen MR) is 146 cm³/mol. The van der Waals surface area contributed by atoms with Gasteiger partial charge in [0.2, 0.25) is 10.1 Å². The number of hydrogen-bond acceptors (Lipinski definition) is 6. The molecule has 0 fully saturated rings. The largest absolute Gasteiger partial charge is 0.350 e. The highest BCUT2D eigenvalue weighted by Crippen LogP contribution is 2.26. The highest BCUT2D eigenvalue weighted by atomic mass is 32.1. The van der Waals surface area contributed by atoms with Crippen LogP contribution in [0, 0.1) is 13.8 Å². The van der Waals surface area contributed by atoms with Crippen LogP contribution in [-0.2, 0) is 6.42 Å². The van der Waals surface area contributed by atoms with Crippen molar-refractivity contribution < 1.29 is 4.79 Å². The predicted octanol–water partition coefficient (Wildman–Crippen LogP) is 5.42. The second-order valence-corrected chi connectivity index (χ2v) is 10.0. The lowest BCUT2D eigenvalue weighted by atomic mass is 10.1. The summed E-state index contributed by atoms with van der Waals surface area (Å²) in [6.45, 7) is 6.04. The lowest BCUT2D eigenvalue weighted by molar-refractivity contribution is 0.0938. The number of aromatic nitrogens is 3. The molecule has 5 rings (SSSR count). The van der Waals surface area contributed by atoms with Crippen LogP contribution < -0.4 is 16.2 Å². The van der Waals surface area contributed by atoms with Crippen LogP contribution in [0.5, 0.6) is 0 Å². The molecule has 1 atom stereocenters. The van der Waals surface area contributed by atoms with Gasteiger partial charge in [0.25, 0.3) is 11.5 Å². The van der Waals surface area contributed by atoms with Gasteiger partial charge in [-0.25, -0.2) is 4.98 Å². The van der Waals surface area contributed by atoms with Crippen molar-refractivity contribution in [2.75, 3.05) is 5.32 Å². The van der Waals surface area contributed by atoms with E-state index in [9.17, 15) is 9.59 Å². The molecule has 5 aromatic rings. The van der Waals surface area contributed by atoms with Crippen molar-refractivity contribution in [1.29, 1.82) is 0 Å². The molecule has 0 saturated carbocycles. The molecule has 2 heterocycles. The zero-order chi connectivity index (χ0) is 25.2. The van der Waals surface area contributed by atoms with E-state index in [1.807, 2.05) is 51.1 Å². The topological polar surface area (TPSA) is 88.4 Å². The molecule has 1 amide bonds. The Morgan fingerprint density at radius 1 is 1.06 bits per heavy atom. The number of benzene rings is 3. The minimum atomic E-state index is -0.261. The van der Waals surface area contributed by atoms with Gasteiger partial charge in [-0.3, -0.25) is 9.59 Å². The van der Waals surface area contributed by atoms with Gasteiger partial charge in [0, 0.05) is 17.3 Å². The van der Waals surface area contributed by atoms with Crippen molar-refractivity contribution in [2.45, 2.75) is 39.7 Å². The highest BCUT2D eigenvalue weighted by molar-refractivity contribution is 7.20. The number of hydrogen-bond donors (Lipinski definition) is 2. The Morgan fingerprint density at radius 3 is 2.67 bits per heavy atom. The van der Waals surface area contributed by atoms with E-state index in [1.165, 1.54) is 21.4 Å². The molecule has 0 saturated heterocycles. The van der Waals surface area contributed by atoms with E-state index in [0.717, 1.165) is 29.7 Å². The number of fused-ring (bicyclic) bond motifs is 2. The van der Waals surface area contributed by atoms with Gasteiger partial charge in [-0.15, -0.1) is 5.10 Å². The average Bonchev–Trinajstić information content (AvgIpc) is 3.28. The van der Waals surface area contributed by atoms with Gasteiger partial charge in [0.05, 0.1) is 10.9 Å². The van der Waals surface area contributed by atoms with Crippen LogP contribution in [0.15, 0.2) is 71.5 Å². The summed E-state index contributed by atoms with van der Waals surface area (Å²) in [6.07, 6.45) is 1.72. The SMILES string of the molecule is Cc1ccc(C)c(Nc2nn3c(=O)c4ccc(C(=O)N[C@H](C)CCc5ccccc5)cc4nc3s2)c1. The third-order valence-electron chi connectivity index (χ3n) is 6.18. The van der Waals surface area contributed by atoms with Crippen molar-refractivity contribution in [1.82, 2.24) is 19.9 Å². The first-order valence-electron chi connectivity index (χ1n) is 11.9. The summed E-state index contributed by atoms with van der Waals surface area (Å²) in [5, 5.41) is 11.8. The van der Waals surface area contributed by atoms with Gasteiger partial charge in [0.1, 0.15) is 0 Å². The van der Waals surface area contributed by atoms with Crippen molar-refractivity contribution in [3.8, 4) is 0 Å². The normalized spacial score (nSPS) is 12.1. The Bertz CT molecular complexity index is 1620. The second kappa shape index (κ2) is 9.91. The number of carbonyl (C=O) groups is 1. The maximum absolute atomic E-state index is 13.1. The van der Waals surface area contributed by atoms with Crippen LogP contribution in [0.1, 0.15) is 40.4 Å². The number of amides is 1. The molecule has 8 heteroatoms. The number of aryl methyl sites for hydroxylation is 3. The first-order valence-corrected chi connectivity index (χ1v) is 12.7. The molecule has 2 aromatic heterocycles. The lowest BCUT2D eigenvalue weighted by Gasteiger charge is -2.14. The minimum absolute atomic E-state index is 0.00896. The van der Waals surface area contributed by atoms with E-state index in [-0.39, 0.29) is 17.5 Å². The molecule has 0 aliphatic rings. The average molecular weight is 498 g/mol. The summed E-state index contributed by atoms with van der Waals surface area (Å²) in [4.78, 5) is 31.1. The summed E-state index contributed by atoms with van der Waals surface area (Å²) in [5.41, 5.74) is 5.09. The fourth-order valence-corrected chi connectivity index (χ4v) is 4.90. The zero-order valence-corrected chi connectivity index (χ0v) is 21.2. The van der Waals surface area contributed by atoms with E-state index in [4.69, 9.17) is 0 Å². The zero-order valence-electron chi connectivity index (χ0n) is 20.4. The number of nitrogens with one attached hydrogen (secondary N) is 2. The molecule has 3 aromatic carbocycles. The number of rotatable bonds is 7. The fourth-order valence-electron chi connectivity index (χ4n) is 4.09. The molecule has 0 unspecified atom stereocenters. The van der Waals surface area contributed by atoms with Crippen LogP contribution in [-0.4, -0.2) is 26.5 Å². The Balaban J connectivity index is 1.36. The highest BCUT2D eigenvalue weighted by Gasteiger charge is 2.15. The Kier molecular flexibility index (Phi) is 6.52. The molecule has 7 nitrogen and oxygen atoms in total. The first-order chi connectivity index (χ1) is 17.4. The van der Waals surface area contributed by atoms with Gasteiger partial charge >= 0.3 is 0 Å². The van der Waals surface area contributed by atoms with E-state index in [0.29, 0.717) is 26.6 Å². The second-order valence-electron chi connectivity index (χ2n) is 9.09. The fraction of sp³-hybridized carbons (Fsp3) is 0.214. The maximum atomic E-state index is 13.1. The number of nitrogens with zero attached hydrogens (tertiary/aromatic N) is 3. The summed E-state index contributed by atoms with van der Waals surface area (Å²) in [6, 6.07) is 21.3. The molecule has 36 heavy (non-hydrogen) atoms. The Hall–Kier alpha value is -4.04. The van der Waals surface area contributed by atoms with Gasteiger partial charge in [-0.1, -0.05) is 53.8 Å². The van der Waals surface area contributed by atoms with Gasteiger partial charge in [-0.2, -0.15) is 4.52 Å². The van der Waals surface area contributed by atoms with Gasteiger partial charge in [-0.05, 0) is 74.6 Å². The summed E-state index contributed by atoms with van der Waals surface area (Å²) in [5.74, 6) is -0.180. The molecule has 2 N–H and O–H groups in total. The number of carbonyl (C=O) groups excluding carboxylic acids is 1. The smallest absolute Gasteiger partial charge is 0.283 e. The van der Waals surface area contributed by atoms with Crippen LogP contribution in [0.2, 0.25) is 0 Å². The molecule has 0 radical (unpaired) electrons. The third-order valence-corrected chi connectivity index (χ3v) is 7.00. The van der Waals surface area contributed by atoms with Crippen LogP contribution in [0.25, 0.3) is 15.9 Å². The van der Waals surface area contributed by atoms with Crippen molar-refractivity contribution >= 4 is 43.9 Å². The Labute approximate surface area is 212 Å². The van der Waals surface area contributed by atoms with Gasteiger partial charge in [0.15, 0.2) is 0 Å². The van der Waals surface area contributed by atoms with Crippen molar-refractivity contribution in [3.05, 3.63) is 99.3 Å². The minimum Gasteiger partial charge on any atom is -0.350 e. The maximum Gasteiger partial charge on any atom is 0.283 e. The first kappa shape index (κ1) is 23.7. The van der Waals surface area contributed by atoms with E-state index in [2.05, 4.69) is 38.9 Å². The van der Waals surface area contributed by atoms with Crippen LogP contribution in [0.3, 0.4) is 0 Å². The number of anilines is 2. The van der Waals surface area contributed by atoms with Crippen LogP contribution >= 0.6 is 11.3 Å². The molecular formula is C28H27N5O2S. The van der Waals surface area contributed by atoms with Crippen molar-refractivity contribution in [2.24, 2.45) is 0 Å². The molecule has 0 bridgehead atoms. The summed E-state index contributed by atoms with van der Waals surface area (Å²) >= 11 is 1.29. The van der Waals surface area contributed by atoms with Crippen molar-refractivity contribution in [3.63, 3.8) is 0 Å². The molecule has 0 aliphatic carbocycles. The molecule has 0 spiro atoms. The summed E-state index contributed by atoms with van der Waals surface area (Å²) < 4.78 is 1.31. The Morgan fingerprint density at radius 2 is 1.86 bits per heavy atom. The van der Waals surface area contributed by atoms with E-state index >= 15 is 0 Å². The molecular weight excluding hydrogens is 470 g/mol. The standard InChI is InChI=1S/C28H27N5O2S/c1-17-9-10-18(2)23(15-17)30-27-32-33-26(35)22-14-13-21(16-24(22)31-28(33)36-27)25(34)29-19(3)11-12-20-7-5-4-6-8-20/h4-10,13-16,19H,11-12H2,1-3H3,(H,29,34)(H,30,32)/t19-/m1/s1. The third kappa shape index (κ3) is 4.99. The van der Waals surface area contributed by atoms with Crippen LogP contribution in [0.4, 0.5) is 10.8 Å². The lowest BCUT2D eigenvalue weighted by Crippen LogP contribution is -2.33. The molecule has 182 valence electrons. The quantitative estimate of drug-likeness (QED) is 0.314. The van der Waals surface area contributed by atoms with E-state index < -0.39 is 0 Å². The molecule has 0 aliphatic heterocycles.